The van der Waals surface area contributed by atoms with Crippen LogP contribution in [0.25, 0.3) is 21.9 Å². The number of hydrogen-bond donors (Lipinski definition) is 1. The third kappa shape index (κ3) is 3.45. The highest BCUT2D eigenvalue weighted by Crippen LogP contribution is 2.39. The van der Waals surface area contributed by atoms with Gasteiger partial charge in [0, 0.05) is 16.5 Å². The molecule has 0 aliphatic carbocycles. The molecule has 0 saturated carbocycles. The van der Waals surface area contributed by atoms with Crippen molar-refractivity contribution < 1.29 is 19.1 Å². The maximum atomic E-state index is 12.3. The lowest BCUT2D eigenvalue weighted by molar-refractivity contribution is 0.0659. The van der Waals surface area contributed by atoms with Crippen LogP contribution >= 0.6 is 0 Å². The van der Waals surface area contributed by atoms with Crippen LogP contribution in [0.3, 0.4) is 0 Å². The third-order valence-electron chi connectivity index (χ3n) is 4.45. The highest BCUT2D eigenvalue weighted by Gasteiger charge is 2.25. The number of carboxylic acid groups (broad SMARTS) is 1. The normalized spacial score (nSPS) is 11.6. The second-order valence-corrected chi connectivity index (χ2v) is 7.34. The maximum Gasteiger partial charge on any atom is 0.372 e. The van der Waals surface area contributed by atoms with Gasteiger partial charge in [0.2, 0.25) is 5.76 Å². The molecule has 5 nitrogen and oxygen atoms in total. The van der Waals surface area contributed by atoms with Gasteiger partial charge in [-0.3, -0.25) is 0 Å². The van der Waals surface area contributed by atoms with Gasteiger partial charge in [-0.25, -0.2) is 9.59 Å². The van der Waals surface area contributed by atoms with Crippen molar-refractivity contribution in [3.8, 4) is 16.9 Å². The average molecular weight is 366 g/mol. The zero-order chi connectivity index (χ0) is 19.8. The molecule has 27 heavy (non-hydrogen) atoms. The summed E-state index contributed by atoms with van der Waals surface area (Å²) in [5, 5.41) is 10.5. The van der Waals surface area contributed by atoms with Crippen molar-refractivity contribution in [3.05, 3.63) is 64.2 Å². The van der Waals surface area contributed by atoms with Crippen molar-refractivity contribution >= 4 is 16.7 Å². The Morgan fingerprint density at radius 1 is 1.11 bits per heavy atom. The molecule has 0 aliphatic heterocycles. The van der Waals surface area contributed by atoms with E-state index in [1.54, 1.807) is 24.3 Å². The first-order valence-electron chi connectivity index (χ1n) is 8.81. The van der Waals surface area contributed by atoms with Gasteiger partial charge in [0.1, 0.15) is 5.75 Å². The van der Waals surface area contributed by atoms with Crippen molar-refractivity contribution in [1.29, 1.82) is 0 Å². The summed E-state index contributed by atoms with van der Waals surface area (Å²) in [4.78, 5) is 24.1. The zero-order valence-corrected chi connectivity index (χ0v) is 15.8. The van der Waals surface area contributed by atoms with E-state index in [1.807, 2.05) is 25.1 Å². The Bertz CT molecular complexity index is 1070. The molecule has 0 amide bonds. The Morgan fingerprint density at radius 2 is 1.78 bits per heavy atom. The van der Waals surface area contributed by atoms with E-state index in [0.29, 0.717) is 34.3 Å². The summed E-state index contributed by atoms with van der Waals surface area (Å²) >= 11 is 0. The summed E-state index contributed by atoms with van der Waals surface area (Å²) < 4.78 is 10.9. The Kier molecular flexibility index (Phi) is 4.79. The van der Waals surface area contributed by atoms with Crippen LogP contribution in [0.15, 0.2) is 51.7 Å². The van der Waals surface area contributed by atoms with E-state index in [9.17, 15) is 14.7 Å². The van der Waals surface area contributed by atoms with E-state index >= 15 is 0 Å². The van der Waals surface area contributed by atoms with Gasteiger partial charge in [-0.05, 0) is 36.1 Å². The third-order valence-corrected chi connectivity index (χ3v) is 4.45. The molecular formula is C22H22O5. The van der Waals surface area contributed by atoms with Gasteiger partial charge >= 0.3 is 11.6 Å². The minimum atomic E-state index is -1.29. The zero-order valence-electron chi connectivity index (χ0n) is 15.8. The molecule has 0 aliphatic rings. The van der Waals surface area contributed by atoms with Crippen molar-refractivity contribution in [2.75, 3.05) is 6.61 Å². The predicted octanol–water partition coefficient (Wildman–Crippen LogP) is 4.85. The van der Waals surface area contributed by atoms with Gasteiger partial charge in [0.15, 0.2) is 0 Å². The number of fused-ring (bicyclic) bond motifs is 1. The smallest absolute Gasteiger partial charge is 0.372 e. The summed E-state index contributed by atoms with van der Waals surface area (Å²) in [5.41, 5.74) is 1.16. The Hall–Kier alpha value is -3.08. The van der Waals surface area contributed by atoms with E-state index in [1.165, 1.54) is 0 Å². The molecule has 3 rings (SSSR count). The van der Waals surface area contributed by atoms with Crippen LogP contribution in [-0.4, -0.2) is 17.7 Å². The quantitative estimate of drug-likeness (QED) is 0.714. The number of aromatic carboxylic acids is 1. The number of carboxylic acids is 1. The second kappa shape index (κ2) is 6.91. The van der Waals surface area contributed by atoms with Crippen molar-refractivity contribution in [1.82, 2.24) is 0 Å². The van der Waals surface area contributed by atoms with Gasteiger partial charge < -0.3 is 14.3 Å². The molecular weight excluding hydrogens is 344 g/mol. The molecule has 0 saturated heterocycles. The largest absolute Gasteiger partial charge is 0.493 e. The highest BCUT2D eigenvalue weighted by atomic mass is 16.5. The number of hydrogen-bond acceptors (Lipinski definition) is 4. The Morgan fingerprint density at radius 3 is 2.37 bits per heavy atom. The molecule has 0 spiro atoms. The number of rotatable bonds is 4. The summed E-state index contributed by atoms with van der Waals surface area (Å²) in [7, 11) is 0. The molecule has 0 atom stereocenters. The summed E-state index contributed by atoms with van der Waals surface area (Å²) in [6, 6.07) is 12.6. The summed E-state index contributed by atoms with van der Waals surface area (Å²) in [6.45, 7) is 8.52. The minimum Gasteiger partial charge on any atom is -0.493 e. The predicted molar refractivity (Wildman–Crippen MR) is 105 cm³/mol. The van der Waals surface area contributed by atoms with Crippen LogP contribution in [0.5, 0.6) is 5.75 Å². The molecule has 140 valence electrons. The van der Waals surface area contributed by atoms with E-state index in [-0.39, 0.29) is 11.2 Å². The fraction of sp³-hybridized carbons (Fsp3) is 0.273. The van der Waals surface area contributed by atoms with Gasteiger partial charge in [-0.1, -0.05) is 45.0 Å². The van der Waals surface area contributed by atoms with Crippen LogP contribution in [0.2, 0.25) is 0 Å². The molecule has 0 radical (unpaired) electrons. The number of ether oxygens (including phenoxy) is 1. The summed E-state index contributed by atoms with van der Waals surface area (Å²) in [5.74, 6) is -1.13. The molecule has 3 aromatic rings. The molecule has 0 unspecified atom stereocenters. The van der Waals surface area contributed by atoms with Crippen molar-refractivity contribution in [2.24, 2.45) is 0 Å². The molecule has 1 N–H and O–H groups in total. The van der Waals surface area contributed by atoms with Gasteiger partial charge in [-0.15, -0.1) is 0 Å². The first kappa shape index (κ1) is 18.7. The summed E-state index contributed by atoms with van der Waals surface area (Å²) in [6.07, 6.45) is 0. The molecule has 1 aromatic heterocycles. The fourth-order valence-corrected chi connectivity index (χ4v) is 3.09. The van der Waals surface area contributed by atoms with Crippen LogP contribution in [0.1, 0.15) is 43.8 Å². The van der Waals surface area contributed by atoms with E-state index < -0.39 is 11.6 Å². The second-order valence-electron chi connectivity index (χ2n) is 7.34. The molecule has 5 heteroatoms. The lowest BCUT2D eigenvalue weighted by Gasteiger charge is -2.22. The first-order chi connectivity index (χ1) is 12.7. The highest BCUT2D eigenvalue weighted by molar-refractivity contribution is 6.06. The Balaban J connectivity index is 2.47. The van der Waals surface area contributed by atoms with E-state index in [2.05, 4.69) is 20.8 Å². The van der Waals surface area contributed by atoms with Crippen LogP contribution < -0.4 is 10.4 Å². The topological polar surface area (TPSA) is 76.7 Å². The minimum absolute atomic E-state index is 0.145. The molecule has 0 fully saturated rings. The molecule has 0 bridgehead atoms. The fourth-order valence-electron chi connectivity index (χ4n) is 3.09. The lowest BCUT2D eigenvalue weighted by Crippen LogP contribution is -2.13. The lowest BCUT2D eigenvalue weighted by atomic mass is 9.84. The van der Waals surface area contributed by atoms with E-state index in [4.69, 9.17) is 9.15 Å². The van der Waals surface area contributed by atoms with Gasteiger partial charge in [0.05, 0.1) is 12.0 Å². The van der Waals surface area contributed by atoms with Gasteiger partial charge in [-0.2, -0.15) is 0 Å². The number of benzene rings is 2. The maximum absolute atomic E-state index is 12.3. The van der Waals surface area contributed by atoms with Crippen molar-refractivity contribution in [2.45, 2.75) is 33.1 Å². The Labute approximate surface area is 157 Å². The van der Waals surface area contributed by atoms with Crippen LogP contribution in [-0.2, 0) is 5.41 Å². The standard InChI is InChI=1S/C22H22O5/c1-5-26-17-11-10-13(22(2,3)4)12-16(17)18-14-8-6-7-9-15(14)21(25)27-19(18)20(23)24/h6-12H,5H2,1-4H3,(H,23,24). The molecule has 2 aromatic carbocycles. The van der Waals surface area contributed by atoms with Crippen LogP contribution in [0, 0.1) is 0 Å². The van der Waals surface area contributed by atoms with Crippen molar-refractivity contribution in [3.63, 3.8) is 0 Å². The monoisotopic (exact) mass is 366 g/mol. The van der Waals surface area contributed by atoms with Crippen LogP contribution in [0.4, 0.5) is 0 Å². The molecule has 1 heterocycles. The first-order valence-corrected chi connectivity index (χ1v) is 8.81. The SMILES string of the molecule is CCOc1ccc(C(C)(C)C)cc1-c1c(C(=O)O)oc(=O)c2ccccc12. The average Bonchev–Trinajstić information content (AvgIpc) is 2.61. The number of carbonyl (C=O) groups is 1. The van der Waals surface area contributed by atoms with E-state index in [0.717, 1.165) is 5.56 Å². The van der Waals surface area contributed by atoms with Gasteiger partial charge in [0.25, 0.3) is 0 Å².